The first-order valence-corrected chi connectivity index (χ1v) is 12.2. The highest BCUT2D eigenvalue weighted by Gasteiger charge is 2.24. The summed E-state index contributed by atoms with van der Waals surface area (Å²) in [6.07, 6.45) is 21.8. The Hall–Kier alpha value is -1.34. The van der Waals surface area contributed by atoms with E-state index < -0.39 is 0 Å². The maximum absolute atomic E-state index is 5.72. The van der Waals surface area contributed by atoms with Gasteiger partial charge in [-0.1, -0.05) is 62.3 Å². The average molecular weight is 395 g/mol. The molecule has 0 amide bonds. The average Bonchev–Trinajstić information content (AvgIpc) is 2.79. The van der Waals surface area contributed by atoms with Crippen LogP contribution in [0.25, 0.3) is 0 Å². The number of hydrogen-bond acceptors (Lipinski definition) is 1. The van der Waals surface area contributed by atoms with Crippen molar-refractivity contribution in [3.05, 3.63) is 60.2 Å². The highest BCUT2D eigenvalue weighted by Crippen LogP contribution is 2.39. The molecule has 0 saturated heterocycles. The molecule has 0 unspecified atom stereocenters. The van der Waals surface area contributed by atoms with Crippen LogP contribution in [0.4, 0.5) is 0 Å². The molecule has 0 spiro atoms. The summed E-state index contributed by atoms with van der Waals surface area (Å²) < 4.78 is 5.72. The smallest absolute Gasteiger partial charge is 0.0721 e. The minimum atomic E-state index is 0.718. The van der Waals surface area contributed by atoms with Crippen molar-refractivity contribution >= 4 is 0 Å². The Balaban J connectivity index is 1.33. The van der Waals surface area contributed by atoms with Gasteiger partial charge in [-0.3, -0.25) is 0 Å². The lowest BCUT2D eigenvalue weighted by Gasteiger charge is -2.31. The van der Waals surface area contributed by atoms with E-state index in [1.54, 1.807) is 5.56 Å². The molecule has 0 heterocycles. The fourth-order valence-electron chi connectivity index (χ4n) is 5.33. The Morgan fingerprint density at radius 1 is 0.862 bits per heavy atom. The van der Waals surface area contributed by atoms with Crippen molar-refractivity contribution in [2.45, 2.75) is 90.1 Å². The number of allylic oxidation sites excluding steroid dienone is 2. The van der Waals surface area contributed by atoms with Gasteiger partial charge in [0.15, 0.2) is 0 Å². The lowest BCUT2D eigenvalue weighted by Crippen LogP contribution is -2.17. The fourth-order valence-corrected chi connectivity index (χ4v) is 5.33. The number of rotatable bonds is 10. The molecule has 0 aliphatic heterocycles. The van der Waals surface area contributed by atoms with Gasteiger partial charge in [0.05, 0.1) is 13.2 Å². The van der Waals surface area contributed by atoms with E-state index in [1.165, 1.54) is 69.8 Å². The van der Waals surface area contributed by atoms with E-state index in [9.17, 15) is 0 Å². The van der Waals surface area contributed by atoms with Crippen LogP contribution >= 0.6 is 0 Å². The molecule has 1 heteroatoms. The normalized spacial score (nSPS) is 27.9. The van der Waals surface area contributed by atoms with Crippen molar-refractivity contribution in [3.8, 4) is 0 Å². The molecular weight excluding hydrogens is 352 g/mol. The molecule has 0 bridgehead atoms. The largest absolute Gasteiger partial charge is 0.373 e. The van der Waals surface area contributed by atoms with Crippen molar-refractivity contribution in [2.75, 3.05) is 6.61 Å². The predicted molar refractivity (Wildman–Crippen MR) is 125 cm³/mol. The topological polar surface area (TPSA) is 9.23 Å². The fraction of sp³-hybridized carbons (Fsp3) is 0.643. The van der Waals surface area contributed by atoms with Crippen molar-refractivity contribution in [2.24, 2.45) is 17.8 Å². The summed E-state index contributed by atoms with van der Waals surface area (Å²) in [6, 6.07) is 9.24. The molecule has 2 aliphatic carbocycles. The van der Waals surface area contributed by atoms with E-state index in [0.29, 0.717) is 0 Å². The van der Waals surface area contributed by atoms with E-state index >= 15 is 0 Å². The van der Waals surface area contributed by atoms with Gasteiger partial charge in [-0.25, -0.2) is 0 Å². The molecule has 29 heavy (non-hydrogen) atoms. The Labute approximate surface area is 179 Å². The van der Waals surface area contributed by atoms with Gasteiger partial charge >= 0.3 is 0 Å². The van der Waals surface area contributed by atoms with E-state index in [-0.39, 0.29) is 0 Å². The van der Waals surface area contributed by atoms with E-state index in [2.05, 4.69) is 56.0 Å². The molecule has 1 aromatic rings. The highest BCUT2D eigenvalue weighted by atomic mass is 16.5. The summed E-state index contributed by atoms with van der Waals surface area (Å²) in [5.41, 5.74) is 2.83. The van der Waals surface area contributed by atoms with Crippen LogP contribution in [0.3, 0.4) is 0 Å². The van der Waals surface area contributed by atoms with Crippen molar-refractivity contribution < 1.29 is 4.74 Å². The molecule has 1 aromatic carbocycles. The first-order chi connectivity index (χ1) is 14.3. The molecular formula is C28H42O. The Kier molecular flexibility index (Phi) is 9.54. The van der Waals surface area contributed by atoms with E-state index in [4.69, 9.17) is 4.74 Å². The summed E-state index contributed by atoms with van der Waals surface area (Å²) in [5, 5.41) is 0. The van der Waals surface area contributed by atoms with Gasteiger partial charge in [0.2, 0.25) is 0 Å². The Bertz CT molecular complexity index is 598. The number of ether oxygens (including phenoxy) is 1. The maximum atomic E-state index is 5.72. The monoisotopic (exact) mass is 394 g/mol. The van der Waals surface area contributed by atoms with Crippen molar-refractivity contribution in [3.63, 3.8) is 0 Å². The van der Waals surface area contributed by atoms with Gasteiger partial charge in [0.25, 0.3) is 0 Å². The van der Waals surface area contributed by atoms with Crippen LogP contribution < -0.4 is 0 Å². The number of hydrogen-bond donors (Lipinski definition) is 0. The molecule has 2 fully saturated rings. The Morgan fingerprint density at radius 3 is 2.07 bits per heavy atom. The molecule has 0 atom stereocenters. The summed E-state index contributed by atoms with van der Waals surface area (Å²) in [6.45, 7) is 7.57. The van der Waals surface area contributed by atoms with Crippen LogP contribution in [0.2, 0.25) is 0 Å². The first kappa shape index (κ1) is 22.3. The third kappa shape index (κ3) is 7.45. The zero-order valence-corrected chi connectivity index (χ0v) is 18.7. The van der Waals surface area contributed by atoms with Crippen LogP contribution in [0.15, 0.2) is 49.1 Å². The van der Waals surface area contributed by atoms with Crippen LogP contribution in [0.5, 0.6) is 0 Å². The van der Waals surface area contributed by atoms with Crippen LogP contribution in [0.1, 0.15) is 94.6 Å². The summed E-state index contributed by atoms with van der Waals surface area (Å²) in [7, 11) is 0. The molecule has 0 radical (unpaired) electrons. The van der Waals surface area contributed by atoms with Crippen LogP contribution in [-0.4, -0.2) is 6.61 Å². The minimum Gasteiger partial charge on any atom is -0.373 e. The molecule has 1 nitrogen and oxygen atoms in total. The third-order valence-electron chi connectivity index (χ3n) is 7.39. The molecule has 0 aromatic heterocycles. The van der Waals surface area contributed by atoms with Gasteiger partial charge in [-0.15, -0.1) is 6.58 Å². The maximum Gasteiger partial charge on any atom is 0.0721 e. The van der Waals surface area contributed by atoms with E-state index in [0.717, 1.165) is 43.3 Å². The van der Waals surface area contributed by atoms with Gasteiger partial charge < -0.3 is 4.74 Å². The second kappa shape index (κ2) is 12.4. The van der Waals surface area contributed by atoms with Crippen LogP contribution in [-0.2, 0) is 11.3 Å². The molecule has 2 aliphatic rings. The van der Waals surface area contributed by atoms with Crippen LogP contribution in [0, 0.1) is 17.8 Å². The lowest BCUT2D eigenvalue weighted by atomic mass is 9.74. The van der Waals surface area contributed by atoms with Gasteiger partial charge in [0, 0.05) is 0 Å². The summed E-state index contributed by atoms with van der Waals surface area (Å²) in [4.78, 5) is 0. The molecule has 3 rings (SSSR count). The zero-order chi connectivity index (χ0) is 20.3. The second-order valence-corrected chi connectivity index (χ2v) is 9.45. The zero-order valence-electron chi connectivity index (χ0n) is 18.7. The molecule has 0 N–H and O–H groups in total. The predicted octanol–water partition coefficient (Wildman–Crippen LogP) is 8.22. The van der Waals surface area contributed by atoms with Gasteiger partial charge in [-0.05, 0) is 92.6 Å². The lowest BCUT2D eigenvalue weighted by molar-refractivity contribution is 0.148. The summed E-state index contributed by atoms with van der Waals surface area (Å²) in [5.74, 6) is 3.55. The Morgan fingerprint density at radius 2 is 1.48 bits per heavy atom. The van der Waals surface area contributed by atoms with Gasteiger partial charge in [0.1, 0.15) is 0 Å². The quantitative estimate of drug-likeness (QED) is 0.287. The van der Waals surface area contributed by atoms with Crippen molar-refractivity contribution in [1.82, 2.24) is 0 Å². The minimum absolute atomic E-state index is 0.718. The molecule has 160 valence electrons. The highest BCUT2D eigenvalue weighted by molar-refractivity contribution is 5.25. The third-order valence-corrected chi connectivity index (χ3v) is 7.39. The number of benzene rings is 1. The first-order valence-electron chi connectivity index (χ1n) is 12.2. The standard InChI is InChI=1S/C28H42O/c1-3-5-6-21-29-22-26-15-19-28(20-16-26)27-17-13-25(14-18-27)12-11-24-9-7-23(4-2)8-10-24/h4-6,15-16,19-20,23-25,27H,2-3,7-14,17-18,21-22H2,1H3/t23-,24-,25?,27?. The van der Waals surface area contributed by atoms with E-state index in [1.807, 2.05) is 0 Å². The summed E-state index contributed by atoms with van der Waals surface area (Å²) >= 11 is 0. The van der Waals surface area contributed by atoms with Crippen molar-refractivity contribution in [1.29, 1.82) is 0 Å². The SMILES string of the molecule is C=C[C@H]1CC[C@H](CCC2CCC(c3ccc(COCC=CCC)cc3)CC2)CC1. The second-order valence-electron chi connectivity index (χ2n) is 9.45. The van der Waals surface area contributed by atoms with Gasteiger partial charge in [-0.2, -0.15) is 0 Å². The molecule has 2 saturated carbocycles.